The van der Waals surface area contributed by atoms with Gasteiger partial charge in [0, 0.05) is 24.8 Å². The Kier molecular flexibility index (Phi) is 5.87. The Labute approximate surface area is 177 Å². The summed E-state index contributed by atoms with van der Waals surface area (Å²) >= 11 is 0. The monoisotopic (exact) mass is 457 g/mol. The number of hydrogen-bond donors (Lipinski definition) is 0. The lowest BCUT2D eigenvalue weighted by Crippen LogP contribution is -2.45. The first-order valence-electron chi connectivity index (χ1n) is 10.0. The first-order valence-corrected chi connectivity index (χ1v) is 11.8. The molecule has 0 spiro atoms. The minimum Gasteiger partial charge on any atom is -0.451 e. The quantitative estimate of drug-likeness (QED) is 0.683. The van der Waals surface area contributed by atoms with Crippen LogP contribution in [0, 0.1) is 0 Å². The van der Waals surface area contributed by atoms with E-state index in [0.29, 0.717) is 13.0 Å². The van der Waals surface area contributed by atoms with Crippen molar-refractivity contribution in [3.05, 3.63) is 47.7 Å². The van der Waals surface area contributed by atoms with Crippen molar-refractivity contribution in [2.75, 3.05) is 24.7 Å². The highest BCUT2D eigenvalue weighted by molar-refractivity contribution is 7.91. The summed E-state index contributed by atoms with van der Waals surface area (Å²) in [6.07, 6.45) is -2.69. The second-order valence-electron chi connectivity index (χ2n) is 7.89. The van der Waals surface area contributed by atoms with Crippen molar-refractivity contribution < 1.29 is 35.5 Å². The number of furan rings is 1. The van der Waals surface area contributed by atoms with Gasteiger partial charge in [-0.2, -0.15) is 13.2 Å². The topological polar surface area (TPSA) is 76.8 Å². The van der Waals surface area contributed by atoms with Crippen LogP contribution in [0.25, 0.3) is 11.3 Å². The second kappa shape index (κ2) is 8.31. The zero-order valence-electron chi connectivity index (χ0n) is 16.6. The lowest BCUT2D eigenvalue weighted by Gasteiger charge is -2.29. The summed E-state index contributed by atoms with van der Waals surface area (Å²) in [4.78, 5) is 14.7. The number of benzene rings is 1. The molecule has 2 aromatic rings. The number of nitrogens with zero attached hydrogens (tertiary/aromatic N) is 1. The minimum absolute atomic E-state index is 0.0145. The maximum absolute atomic E-state index is 13.2. The Morgan fingerprint density at radius 3 is 2.61 bits per heavy atom. The van der Waals surface area contributed by atoms with Crippen molar-refractivity contribution in [1.82, 2.24) is 4.90 Å². The molecule has 2 aliphatic heterocycles. The van der Waals surface area contributed by atoms with Crippen molar-refractivity contribution in [2.24, 2.45) is 0 Å². The average Bonchev–Trinajstić information content (AvgIpc) is 3.46. The molecule has 0 aliphatic carbocycles. The number of carbonyl (C=O) groups is 1. The van der Waals surface area contributed by atoms with Gasteiger partial charge in [-0.05, 0) is 43.5 Å². The van der Waals surface area contributed by atoms with Crippen LogP contribution in [-0.4, -0.2) is 56.0 Å². The number of halogens is 3. The fraction of sp³-hybridized carbons (Fsp3) is 0.476. The van der Waals surface area contributed by atoms with Gasteiger partial charge in [0.05, 0.1) is 23.2 Å². The highest BCUT2D eigenvalue weighted by Crippen LogP contribution is 2.33. The summed E-state index contributed by atoms with van der Waals surface area (Å²) in [5.74, 6) is -0.510. The van der Waals surface area contributed by atoms with Gasteiger partial charge in [0.15, 0.2) is 15.6 Å². The van der Waals surface area contributed by atoms with E-state index < -0.39 is 33.5 Å². The van der Waals surface area contributed by atoms with E-state index in [1.165, 1.54) is 29.2 Å². The first-order chi connectivity index (χ1) is 14.6. The van der Waals surface area contributed by atoms with E-state index in [-0.39, 0.29) is 41.2 Å². The highest BCUT2D eigenvalue weighted by Gasteiger charge is 2.37. The van der Waals surface area contributed by atoms with Gasteiger partial charge in [-0.1, -0.05) is 12.1 Å². The summed E-state index contributed by atoms with van der Waals surface area (Å²) in [5, 5.41) is 0. The molecule has 0 radical (unpaired) electrons. The summed E-state index contributed by atoms with van der Waals surface area (Å²) in [6.45, 7) is 0.842. The van der Waals surface area contributed by atoms with Gasteiger partial charge in [0.1, 0.15) is 5.76 Å². The number of sulfone groups is 1. The van der Waals surface area contributed by atoms with Crippen LogP contribution in [0.4, 0.5) is 13.2 Å². The molecule has 168 valence electrons. The van der Waals surface area contributed by atoms with Gasteiger partial charge in [0.2, 0.25) is 0 Å². The van der Waals surface area contributed by atoms with E-state index in [4.69, 9.17) is 9.15 Å². The molecular formula is C21H22F3NO5S. The predicted molar refractivity (Wildman–Crippen MR) is 106 cm³/mol. The van der Waals surface area contributed by atoms with Gasteiger partial charge < -0.3 is 14.1 Å². The minimum atomic E-state index is -4.49. The molecule has 2 saturated heterocycles. The van der Waals surface area contributed by atoms with Crippen molar-refractivity contribution in [3.63, 3.8) is 0 Å². The van der Waals surface area contributed by atoms with Gasteiger partial charge >= 0.3 is 6.18 Å². The highest BCUT2D eigenvalue weighted by atomic mass is 32.2. The Morgan fingerprint density at radius 2 is 1.97 bits per heavy atom. The molecular weight excluding hydrogens is 435 g/mol. The number of carbonyl (C=O) groups excluding carboxylic acids is 1. The number of hydrogen-bond acceptors (Lipinski definition) is 5. The fourth-order valence-corrected chi connectivity index (χ4v) is 5.76. The van der Waals surface area contributed by atoms with Crippen LogP contribution in [-0.2, 0) is 20.8 Å². The predicted octanol–water partition coefficient (Wildman–Crippen LogP) is 3.77. The molecule has 2 atom stereocenters. The number of ether oxygens (including phenoxy) is 1. The summed E-state index contributed by atoms with van der Waals surface area (Å²) in [7, 11) is -3.22. The molecule has 0 saturated carbocycles. The van der Waals surface area contributed by atoms with Crippen LogP contribution in [0.15, 0.2) is 40.8 Å². The molecule has 1 aromatic carbocycles. The molecule has 1 aromatic heterocycles. The molecule has 31 heavy (non-hydrogen) atoms. The number of amides is 1. The van der Waals surface area contributed by atoms with Crippen molar-refractivity contribution >= 4 is 15.7 Å². The van der Waals surface area contributed by atoms with E-state index in [9.17, 15) is 26.4 Å². The lowest BCUT2D eigenvalue weighted by molar-refractivity contribution is -0.137. The SMILES string of the molecule is O=C(c1ccc(-c2cccc(C(F)(F)F)c2)o1)N(C[C@H]1CCCO1)[C@H]1CCS(=O)(=O)C1. The van der Waals surface area contributed by atoms with Crippen LogP contribution < -0.4 is 0 Å². The van der Waals surface area contributed by atoms with Gasteiger partial charge in [-0.3, -0.25) is 4.79 Å². The third kappa shape index (κ3) is 4.95. The number of alkyl halides is 3. The third-order valence-corrected chi connectivity index (χ3v) is 7.38. The van der Waals surface area contributed by atoms with E-state index in [2.05, 4.69) is 0 Å². The summed E-state index contributed by atoms with van der Waals surface area (Å²) < 4.78 is 74.1. The van der Waals surface area contributed by atoms with E-state index in [0.717, 1.165) is 25.0 Å². The Hall–Kier alpha value is -2.33. The summed E-state index contributed by atoms with van der Waals surface area (Å²) in [6, 6.07) is 7.03. The molecule has 2 aliphatic rings. The lowest BCUT2D eigenvalue weighted by atomic mass is 10.1. The maximum atomic E-state index is 13.2. The van der Waals surface area contributed by atoms with E-state index in [1.54, 1.807) is 0 Å². The molecule has 0 N–H and O–H groups in total. The molecule has 3 heterocycles. The molecule has 6 nitrogen and oxygen atoms in total. The summed E-state index contributed by atoms with van der Waals surface area (Å²) in [5.41, 5.74) is -0.617. The molecule has 0 bridgehead atoms. The van der Waals surface area contributed by atoms with Crippen molar-refractivity contribution in [3.8, 4) is 11.3 Å². The zero-order valence-corrected chi connectivity index (χ0v) is 17.4. The Bertz CT molecular complexity index is 1060. The number of rotatable bonds is 5. The second-order valence-corrected chi connectivity index (χ2v) is 10.1. The smallest absolute Gasteiger partial charge is 0.416 e. The normalized spacial score (nSPS) is 23.2. The molecule has 2 fully saturated rings. The van der Waals surface area contributed by atoms with Crippen LogP contribution in [0.3, 0.4) is 0 Å². The fourth-order valence-electron chi connectivity index (χ4n) is 4.03. The van der Waals surface area contributed by atoms with Crippen molar-refractivity contribution in [2.45, 2.75) is 37.6 Å². The Morgan fingerprint density at radius 1 is 1.16 bits per heavy atom. The van der Waals surface area contributed by atoms with Gasteiger partial charge in [-0.15, -0.1) is 0 Å². The third-order valence-electron chi connectivity index (χ3n) is 5.63. The maximum Gasteiger partial charge on any atom is 0.416 e. The zero-order chi connectivity index (χ0) is 22.2. The largest absolute Gasteiger partial charge is 0.451 e. The van der Waals surface area contributed by atoms with Gasteiger partial charge in [-0.25, -0.2) is 8.42 Å². The van der Waals surface area contributed by atoms with Crippen LogP contribution in [0.2, 0.25) is 0 Å². The molecule has 10 heteroatoms. The van der Waals surface area contributed by atoms with Crippen LogP contribution in [0.1, 0.15) is 35.4 Å². The van der Waals surface area contributed by atoms with E-state index in [1.807, 2.05) is 0 Å². The standard InChI is InChI=1S/C21H22F3NO5S/c22-21(23,24)15-4-1-3-14(11-15)18-6-7-19(30-18)20(26)25(12-17-5-2-9-29-17)16-8-10-31(27,28)13-16/h1,3-4,6-7,11,16-17H,2,5,8-10,12-13H2/t16-,17+/m0/s1. The van der Waals surface area contributed by atoms with E-state index >= 15 is 0 Å². The average molecular weight is 457 g/mol. The Balaban J connectivity index is 1.58. The van der Waals surface area contributed by atoms with Crippen molar-refractivity contribution in [1.29, 1.82) is 0 Å². The first kappa shape index (κ1) is 21.9. The molecule has 4 rings (SSSR count). The van der Waals surface area contributed by atoms with Gasteiger partial charge in [0.25, 0.3) is 5.91 Å². The van der Waals surface area contributed by atoms with Crippen LogP contribution >= 0.6 is 0 Å². The molecule has 0 unspecified atom stereocenters. The molecule has 1 amide bonds. The van der Waals surface area contributed by atoms with Crippen LogP contribution in [0.5, 0.6) is 0 Å².